The fourth-order valence-electron chi connectivity index (χ4n) is 9.04. The maximum Gasteiger partial charge on any atom is 0.326 e. The number of nitrogens with one attached hydrogen (secondary N) is 1. The number of aryl methyl sites for hydroxylation is 2. The Balaban J connectivity index is 1.43. The van der Waals surface area contributed by atoms with E-state index in [-0.39, 0.29) is 84.1 Å². The molecular formula is C50H64N8O11. The minimum absolute atomic E-state index is 0.00286. The largest absolute Gasteiger partial charge is 0.504 e. The average Bonchev–Trinajstić information content (AvgIpc) is 3.62. The van der Waals surface area contributed by atoms with Crippen LogP contribution in [-0.4, -0.2) is 123 Å². The monoisotopic (exact) mass is 952 g/mol. The summed E-state index contributed by atoms with van der Waals surface area (Å²) in [5.41, 5.74) is 28.1. The van der Waals surface area contributed by atoms with Gasteiger partial charge in [0.1, 0.15) is 49.1 Å². The van der Waals surface area contributed by atoms with Crippen LogP contribution < -0.4 is 37.7 Å². The van der Waals surface area contributed by atoms with Crippen LogP contribution in [0.25, 0.3) is 22.5 Å². The molecule has 2 heterocycles. The number of aromatic nitrogens is 2. The second-order valence-corrected chi connectivity index (χ2v) is 18.7. The van der Waals surface area contributed by atoms with Crippen molar-refractivity contribution in [3.8, 4) is 39.8 Å². The van der Waals surface area contributed by atoms with E-state index in [0.29, 0.717) is 17.1 Å². The summed E-state index contributed by atoms with van der Waals surface area (Å²) in [5, 5.41) is 45.3. The molecule has 2 aliphatic rings. The Morgan fingerprint density at radius 2 is 1.61 bits per heavy atom. The number of ketones is 2. The Bertz CT molecular complexity index is 2580. The number of phenols is 1. The lowest BCUT2D eigenvalue weighted by Gasteiger charge is -2.32. The minimum atomic E-state index is -1.53. The smallest absolute Gasteiger partial charge is 0.326 e. The zero-order chi connectivity index (χ0) is 50.5. The number of carbonyl (C=O) groups excluding carboxylic acids is 4. The number of hydrogen-bond donors (Lipinski definition) is 9. The van der Waals surface area contributed by atoms with Crippen molar-refractivity contribution < 1.29 is 53.9 Å². The molecule has 1 aliphatic carbocycles. The van der Waals surface area contributed by atoms with Gasteiger partial charge in [-0.25, -0.2) is 14.8 Å². The third-order valence-corrected chi connectivity index (χ3v) is 13.0. The number of amides is 2. The Hall–Kier alpha value is -6.51. The quantitative estimate of drug-likeness (QED) is 0.0687. The maximum absolute atomic E-state index is 14.9. The maximum atomic E-state index is 14.9. The van der Waals surface area contributed by atoms with E-state index in [1.807, 2.05) is 12.1 Å². The van der Waals surface area contributed by atoms with Gasteiger partial charge in [-0.15, -0.1) is 0 Å². The Morgan fingerprint density at radius 3 is 2.25 bits per heavy atom. The first-order chi connectivity index (χ1) is 32.7. The van der Waals surface area contributed by atoms with E-state index in [9.17, 15) is 44.4 Å². The third-order valence-electron chi connectivity index (χ3n) is 13.0. The summed E-state index contributed by atoms with van der Waals surface area (Å²) < 4.78 is 11.9. The average molecular weight is 953 g/mol. The van der Waals surface area contributed by atoms with Gasteiger partial charge in [0, 0.05) is 67.9 Å². The molecule has 69 heavy (non-hydrogen) atoms. The van der Waals surface area contributed by atoms with Crippen molar-refractivity contribution in [1.29, 1.82) is 0 Å². The predicted molar refractivity (Wildman–Crippen MR) is 256 cm³/mol. The number of nitrogens with zero attached hydrogens (tertiary/aromatic N) is 3. The molecule has 370 valence electrons. The SMILES string of the molecule is Cc1nc(-c2ccc3c(c2)CCC3(C)C)nc(N)c1C(=O)C[C@@H](CCN)C(=O)N(C)[C@@H]1C(=O)C[C@@H](C)C(=O)N[C@H](C(=O)O)Cc2ccc(OC[C@H](O)CN)c(c2)-c2cc1cc(OC[C@H](O)CN)c2O. The number of benzene rings is 3. The first-order valence-electron chi connectivity index (χ1n) is 23.0. The van der Waals surface area contributed by atoms with Crippen molar-refractivity contribution in [3.63, 3.8) is 0 Å². The third kappa shape index (κ3) is 11.7. The molecule has 0 fully saturated rings. The standard InChI is InChI=1S/C50H64N8O11/c1-25-14-39(62)43(58(5)48(65)30(11-13-51)19-38(61)42-26(2)55-46(57-45(42)54)29-7-8-36-28(17-29)10-12-50(36,3)4)31-18-35(44(63)41(20-31)69-24-33(60)22-53)34-15-27(16-37(49(66)67)56-47(25)64)6-9-40(34)68-23-32(59)21-52/h6-9,15,17-18,20,25,30,32-33,37,43,59-60,63H,10-14,16,19,21-24,51-53H2,1-5H3,(H,56,64)(H,66,67)(H2,54,55,57)/t25-,30-,32-,33-,37+,43+/m1/s1. The van der Waals surface area contributed by atoms with E-state index < -0.39 is 90.7 Å². The van der Waals surface area contributed by atoms with Crippen LogP contribution in [0.5, 0.6) is 17.2 Å². The van der Waals surface area contributed by atoms with Crippen LogP contribution in [0.3, 0.4) is 0 Å². The summed E-state index contributed by atoms with van der Waals surface area (Å²) in [5.74, 6) is -6.52. The van der Waals surface area contributed by atoms with Gasteiger partial charge in [-0.2, -0.15) is 0 Å². The van der Waals surface area contributed by atoms with Crippen LogP contribution in [-0.2, 0) is 37.4 Å². The zero-order valence-electron chi connectivity index (χ0n) is 39.7. The van der Waals surface area contributed by atoms with E-state index in [0.717, 1.165) is 23.3 Å². The van der Waals surface area contributed by atoms with Gasteiger partial charge < -0.3 is 63.1 Å². The highest BCUT2D eigenvalue weighted by Crippen LogP contribution is 2.45. The molecule has 1 aromatic heterocycles. The van der Waals surface area contributed by atoms with Gasteiger partial charge in [0.2, 0.25) is 11.8 Å². The first-order valence-corrected chi connectivity index (χ1v) is 23.0. The van der Waals surface area contributed by atoms with Gasteiger partial charge in [0.25, 0.3) is 0 Å². The van der Waals surface area contributed by atoms with Gasteiger partial charge in [-0.1, -0.05) is 39.0 Å². The summed E-state index contributed by atoms with van der Waals surface area (Å²) in [7, 11) is 1.36. The number of Topliss-reactive ketones (excluding diaryl/α,β-unsaturated/α-hetero) is 2. The molecule has 13 N–H and O–H groups in total. The van der Waals surface area contributed by atoms with E-state index in [4.69, 9.17) is 32.4 Å². The minimum Gasteiger partial charge on any atom is -0.504 e. The highest BCUT2D eigenvalue weighted by atomic mass is 16.5. The summed E-state index contributed by atoms with van der Waals surface area (Å²) in [6.45, 7) is 6.45. The summed E-state index contributed by atoms with van der Waals surface area (Å²) in [6, 6.07) is 10.4. The lowest BCUT2D eigenvalue weighted by Crippen LogP contribution is -2.45. The number of carbonyl (C=O) groups is 5. The van der Waals surface area contributed by atoms with E-state index >= 15 is 0 Å². The van der Waals surface area contributed by atoms with Crippen molar-refractivity contribution >= 4 is 35.2 Å². The molecule has 2 amide bonds. The molecule has 6 atom stereocenters. The van der Waals surface area contributed by atoms with Crippen LogP contribution in [0.4, 0.5) is 5.82 Å². The molecule has 19 nitrogen and oxygen atoms in total. The molecular weight excluding hydrogens is 889 g/mol. The van der Waals surface area contributed by atoms with Crippen LogP contribution in [0.1, 0.15) is 90.8 Å². The number of carboxylic acid groups (broad SMARTS) is 1. The van der Waals surface area contributed by atoms with Crippen molar-refractivity contribution in [1.82, 2.24) is 20.2 Å². The lowest BCUT2D eigenvalue weighted by atomic mass is 9.86. The van der Waals surface area contributed by atoms with Gasteiger partial charge in [0.05, 0.1) is 11.3 Å². The predicted octanol–water partition coefficient (Wildman–Crippen LogP) is 2.49. The molecule has 0 spiro atoms. The molecule has 0 unspecified atom stereocenters. The molecule has 0 radical (unpaired) electrons. The van der Waals surface area contributed by atoms with E-state index in [1.165, 1.54) is 49.4 Å². The number of anilines is 1. The number of rotatable bonds is 17. The topological polar surface area (TPSA) is 330 Å². The Morgan fingerprint density at radius 1 is 0.928 bits per heavy atom. The second kappa shape index (κ2) is 21.8. The number of nitrogens with two attached hydrogens (primary N) is 4. The van der Waals surface area contributed by atoms with Gasteiger partial charge in [-0.3, -0.25) is 19.2 Å². The number of hydrogen-bond acceptors (Lipinski definition) is 16. The zero-order valence-corrected chi connectivity index (χ0v) is 39.7. The number of nitrogen functional groups attached to an aromatic ring is 1. The summed E-state index contributed by atoms with van der Waals surface area (Å²) >= 11 is 0. The van der Waals surface area contributed by atoms with Crippen LogP contribution in [0.15, 0.2) is 48.5 Å². The number of aliphatic hydroxyl groups is 2. The lowest BCUT2D eigenvalue weighted by molar-refractivity contribution is -0.144. The van der Waals surface area contributed by atoms with Gasteiger partial charge in [-0.05, 0) is 90.7 Å². The fraction of sp³-hybridized carbons (Fsp3) is 0.460. The Kier molecular flexibility index (Phi) is 16.4. The van der Waals surface area contributed by atoms with Crippen molar-refractivity contribution in [2.75, 3.05) is 45.6 Å². The van der Waals surface area contributed by atoms with Crippen molar-refractivity contribution in [3.05, 3.63) is 82.0 Å². The number of aliphatic carboxylic acids is 1. The van der Waals surface area contributed by atoms with Gasteiger partial charge in [0.15, 0.2) is 28.9 Å². The van der Waals surface area contributed by atoms with Crippen LogP contribution in [0, 0.1) is 18.8 Å². The van der Waals surface area contributed by atoms with E-state index in [2.05, 4.69) is 35.2 Å². The van der Waals surface area contributed by atoms with Crippen LogP contribution in [0.2, 0.25) is 0 Å². The molecule has 0 saturated heterocycles. The van der Waals surface area contributed by atoms with Crippen LogP contribution >= 0.6 is 0 Å². The molecule has 6 rings (SSSR count). The number of ether oxygens (including phenoxy) is 2. The van der Waals surface area contributed by atoms with Crippen molar-refractivity contribution in [2.45, 2.75) is 95.9 Å². The molecule has 4 bridgehead atoms. The molecule has 1 aliphatic heterocycles. The normalized spacial score (nSPS) is 19.1. The highest BCUT2D eigenvalue weighted by Gasteiger charge is 2.38. The van der Waals surface area contributed by atoms with Gasteiger partial charge >= 0.3 is 5.97 Å². The van der Waals surface area contributed by atoms with E-state index in [1.54, 1.807) is 13.0 Å². The number of phenolic OH excluding ortho intramolecular Hbond substituents is 1. The number of fused-ring (bicyclic) bond motifs is 6. The number of likely N-dealkylation sites (N-methyl/N-ethyl adjacent to an activating group) is 1. The van der Waals surface area contributed by atoms with Crippen molar-refractivity contribution in [2.24, 2.45) is 29.0 Å². The number of aliphatic hydroxyl groups excluding tert-OH is 2. The Labute approximate surface area is 400 Å². The highest BCUT2D eigenvalue weighted by molar-refractivity contribution is 6.03. The number of carboxylic acids is 1. The molecule has 3 aromatic carbocycles. The molecule has 4 aromatic rings. The second-order valence-electron chi connectivity index (χ2n) is 18.7. The molecule has 19 heteroatoms. The fourth-order valence-corrected chi connectivity index (χ4v) is 9.04. The summed E-state index contributed by atoms with van der Waals surface area (Å²) in [4.78, 5) is 80.4. The number of aromatic hydroxyl groups is 1. The summed E-state index contributed by atoms with van der Waals surface area (Å²) in [6.07, 6.45) is -1.45. The first kappa shape index (κ1) is 51.9. The molecule has 0 saturated carbocycles.